The minimum Gasteiger partial charge on any atom is -0.489 e. The Morgan fingerprint density at radius 2 is 1.55 bits per heavy atom. The van der Waals surface area contributed by atoms with Crippen LogP contribution in [-0.2, 0) is 18.1 Å². The maximum absolute atomic E-state index is 13.1. The van der Waals surface area contributed by atoms with Crippen molar-refractivity contribution in [2.75, 3.05) is 11.9 Å². The number of amides is 1. The molecule has 206 valence electrons. The Balaban J connectivity index is 1.79. The van der Waals surface area contributed by atoms with Gasteiger partial charge in [0.05, 0.1) is 6.61 Å². The monoisotopic (exact) mass is 537 g/mol. The molecule has 2 aromatic carbocycles. The zero-order valence-corrected chi connectivity index (χ0v) is 25.0. The van der Waals surface area contributed by atoms with Crippen LogP contribution in [0.5, 0.6) is 11.5 Å². The number of carbonyl (C=O) groups is 1. The maximum Gasteiger partial charge on any atom is 0.257 e. The third-order valence-corrected chi connectivity index (χ3v) is 13.0. The zero-order chi connectivity index (χ0) is 27.9. The third-order valence-electron chi connectivity index (χ3n) is 6.96. The lowest BCUT2D eigenvalue weighted by atomic mass is 10.1. The predicted octanol–water partition coefficient (Wildman–Crippen LogP) is 7.21. The fourth-order valence-corrected chi connectivity index (χ4v) is 10.8. The molecule has 1 amide bonds. The normalized spacial score (nSPS) is 12.7. The van der Waals surface area contributed by atoms with Crippen LogP contribution in [0.25, 0.3) is 0 Å². The van der Waals surface area contributed by atoms with E-state index in [1.807, 2.05) is 43.3 Å². The largest absolute Gasteiger partial charge is 0.489 e. The van der Waals surface area contributed by atoms with Crippen molar-refractivity contribution in [2.45, 2.75) is 77.8 Å². The van der Waals surface area contributed by atoms with Gasteiger partial charge in [0.2, 0.25) is 8.32 Å². The molecular weight excluding hydrogens is 494 g/mol. The molecule has 3 aromatic rings. The number of nitrogens with one attached hydrogen (secondary N) is 1. The van der Waals surface area contributed by atoms with E-state index >= 15 is 0 Å². The van der Waals surface area contributed by atoms with Crippen LogP contribution in [-0.4, -0.2) is 36.7 Å². The van der Waals surface area contributed by atoms with E-state index in [-0.39, 0.29) is 12.0 Å². The van der Waals surface area contributed by atoms with Crippen molar-refractivity contribution in [2.24, 2.45) is 7.05 Å². The van der Waals surface area contributed by atoms with Crippen LogP contribution in [0.15, 0.2) is 60.8 Å². The fourth-order valence-electron chi connectivity index (χ4n) is 5.29. The molecule has 1 N–H and O–H groups in total. The van der Waals surface area contributed by atoms with Crippen molar-refractivity contribution in [3.63, 3.8) is 0 Å². The van der Waals surface area contributed by atoms with Crippen molar-refractivity contribution in [1.82, 2.24) is 9.78 Å². The van der Waals surface area contributed by atoms with E-state index in [0.717, 1.165) is 5.56 Å². The molecule has 0 fully saturated rings. The Morgan fingerprint density at radius 3 is 2.13 bits per heavy atom. The van der Waals surface area contributed by atoms with Crippen molar-refractivity contribution in [3.05, 3.63) is 71.9 Å². The number of aromatic nitrogens is 2. The smallest absolute Gasteiger partial charge is 0.257 e. The fraction of sp³-hybridized carbons (Fsp3) is 0.467. The van der Waals surface area contributed by atoms with Crippen LogP contribution in [0, 0.1) is 0 Å². The zero-order valence-electron chi connectivity index (χ0n) is 24.0. The number of carbonyl (C=O) groups excluding carboxylic acids is 1. The summed E-state index contributed by atoms with van der Waals surface area (Å²) in [6, 6.07) is 17.0. The van der Waals surface area contributed by atoms with E-state index < -0.39 is 8.32 Å². The van der Waals surface area contributed by atoms with Gasteiger partial charge in [-0.15, -0.1) is 0 Å². The first-order chi connectivity index (χ1) is 18.0. The summed E-state index contributed by atoms with van der Waals surface area (Å²) in [5, 5.41) is 7.09. The highest BCUT2D eigenvalue weighted by molar-refractivity contribution is 6.77. The van der Waals surface area contributed by atoms with E-state index in [1.165, 1.54) is 0 Å². The predicted molar refractivity (Wildman–Crippen MR) is 155 cm³/mol. The average molecular weight is 538 g/mol. The molecule has 0 saturated carbocycles. The third kappa shape index (κ3) is 7.48. The number of benzene rings is 2. The van der Waals surface area contributed by atoms with Crippen molar-refractivity contribution < 1.29 is 18.7 Å². The average Bonchev–Trinajstić information content (AvgIpc) is 3.27. The quantitative estimate of drug-likeness (QED) is 0.233. The molecule has 38 heavy (non-hydrogen) atoms. The van der Waals surface area contributed by atoms with Crippen molar-refractivity contribution in [3.8, 4) is 11.5 Å². The SMILES string of the molecule is CC(C)[Si](OC[C@H](C)Oc1cc(OCc2ccccc2)cc(C(=O)Nc2ccn(C)n2)c1)(C(C)C)C(C)C. The first kappa shape index (κ1) is 29.5. The van der Waals surface area contributed by atoms with Gasteiger partial charge in [-0.2, -0.15) is 5.10 Å². The summed E-state index contributed by atoms with van der Waals surface area (Å²) < 4.78 is 20.7. The van der Waals surface area contributed by atoms with Gasteiger partial charge in [-0.3, -0.25) is 9.48 Å². The van der Waals surface area contributed by atoms with Gasteiger partial charge >= 0.3 is 0 Å². The molecule has 7 nitrogen and oxygen atoms in total. The summed E-state index contributed by atoms with van der Waals surface area (Å²) in [6.07, 6.45) is 1.58. The summed E-state index contributed by atoms with van der Waals surface area (Å²) in [6.45, 7) is 16.5. The van der Waals surface area contributed by atoms with Crippen LogP contribution >= 0.6 is 0 Å². The molecule has 0 bridgehead atoms. The summed E-state index contributed by atoms with van der Waals surface area (Å²) in [5.41, 5.74) is 2.95. The molecule has 0 aliphatic heterocycles. The second-order valence-corrected chi connectivity index (χ2v) is 16.3. The van der Waals surface area contributed by atoms with Gasteiger partial charge in [0.15, 0.2) is 5.82 Å². The molecule has 0 aliphatic rings. The van der Waals surface area contributed by atoms with E-state index in [9.17, 15) is 4.79 Å². The molecule has 0 spiro atoms. The first-order valence-corrected chi connectivity index (χ1v) is 15.6. The van der Waals surface area contributed by atoms with Crippen LogP contribution in [0.2, 0.25) is 16.6 Å². The molecule has 1 atom stereocenters. The van der Waals surface area contributed by atoms with Crippen LogP contribution in [0.1, 0.15) is 64.4 Å². The van der Waals surface area contributed by atoms with E-state index in [1.54, 1.807) is 36.1 Å². The van der Waals surface area contributed by atoms with Gasteiger partial charge in [-0.05, 0) is 41.2 Å². The van der Waals surface area contributed by atoms with Crippen LogP contribution in [0.4, 0.5) is 5.82 Å². The summed E-state index contributed by atoms with van der Waals surface area (Å²) in [4.78, 5) is 13.1. The number of ether oxygens (including phenoxy) is 2. The maximum atomic E-state index is 13.1. The Bertz CT molecular complexity index is 1160. The van der Waals surface area contributed by atoms with Gasteiger partial charge in [-0.25, -0.2) is 0 Å². The van der Waals surface area contributed by atoms with Gasteiger partial charge in [0.1, 0.15) is 24.2 Å². The highest BCUT2D eigenvalue weighted by atomic mass is 28.4. The number of aryl methyl sites for hydroxylation is 1. The molecule has 1 heterocycles. The molecule has 3 rings (SSSR count). The summed E-state index contributed by atoms with van der Waals surface area (Å²) >= 11 is 0. The lowest BCUT2D eigenvalue weighted by molar-refractivity contribution is 0.102. The molecule has 0 unspecified atom stereocenters. The van der Waals surface area contributed by atoms with E-state index in [0.29, 0.717) is 52.7 Å². The van der Waals surface area contributed by atoms with Crippen molar-refractivity contribution >= 4 is 20.0 Å². The number of anilines is 1. The molecule has 0 saturated heterocycles. The Kier molecular flexibility index (Phi) is 10.2. The molecule has 0 aliphatic carbocycles. The van der Waals surface area contributed by atoms with Crippen LogP contribution < -0.4 is 14.8 Å². The Morgan fingerprint density at radius 1 is 0.921 bits per heavy atom. The first-order valence-electron chi connectivity index (χ1n) is 13.4. The summed E-state index contributed by atoms with van der Waals surface area (Å²) in [5.74, 6) is 1.31. The molecular formula is C30H43N3O4Si. The van der Waals surface area contributed by atoms with Gasteiger partial charge in [0, 0.05) is 30.9 Å². The second kappa shape index (κ2) is 13.1. The molecule has 0 radical (unpaired) electrons. The lowest BCUT2D eigenvalue weighted by Gasteiger charge is -2.42. The topological polar surface area (TPSA) is 74.6 Å². The van der Waals surface area contributed by atoms with E-state index in [4.69, 9.17) is 13.9 Å². The minimum absolute atomic E-state index is 0.200. The van der Waals surface area contributed by atoms with E-state index in [2.05, 4.69) is 52.0 Å². The number of nitrogens with zero attached hydrogens (tertiary/aromatic N) is 2. The minimum atomic E-state index is -2.02. The molecule has 8 heteroatoms. The Hall–Kier alpha value is -3.10. The van der Waals surface area contributed by atoms with Crippen LogP contribution in [0.3, 0.4) is 0 Å². The van der Waals surface area contributed by atoms with Crippen molar-refractivity contribution in [1.29, 1.82) is 0 Å². The van der Waals surface area contributed by atoms with Gasteiger partial charge in [0.25, 0.3) is 5.91 Å². The number of hydrogen-bond donors (Lipinski definition) is 1. The molecule has 1 aromatic heterocycles. The Labute approximate surface area is 228 Å². The number of rotatable bonds is 13. The number of hydrogen-bond acceptors (Lipinski definition) is 5. The lowest BCUT2D eigenvalue weighted by Crippen LogP contribution is -2.49. The highest BCUT2D eigenvalue weighted by Crippen LogP contribution is 2.42. The standard InChI is InChI=1S/C30H43N3O4Si/c1-21(2)38(22(3)4,23(5)6)36-19-24(7)37-28-17-26(30(34)31-29-14-15-33(8)32-29)16-27(18-28)35-20-25-12-10-9-11-13-25/h9-18,21-24H,19-20H2,1-8H3,(H,31,32,34)/t24-/m0/s1. The summed E-state index contributed by atoms with van der Waals surface area (Å²) in [7, 11) is -0.212. The highest BCUT2D eigenvalue weighted by Gasteiger charge is 2.45. The second-order valence-electron chi connectivity index (χ2n) is 10.9. The van der Waals surface area contributed by atoms with Gasteiger partial charge in [-0.1, -0.05) is 71.9 Å². The van der Waals surface area contributed by atoms with Gasteiger partial charge < -0.3 is 19.2 Å².